The lowest BCUT2D eigenvalue weighted by Gasteiger charge is -2.36. The molecule has 2 aromatic heterocycles. The fourth-order valence-electron chi connectivity index (χ4n) is 5.95. The molecule has 1 fully saturated rings. The Kier molecular flexibility index (Phi) is 8.11. The van der Waals surface area contributed by atoms with Crippen LogP contribution in [0.5, 0.6) is 5.95 Å². The Bertz CT molecular complexity index is 1730. The highest BCUT2D eigenvalue weighted by Crippen LogP contribution is 2.30. The summed E-state index contributed by atoms with van der Waals surface area (Å²) in [4.78, 5) is 15.9. The number of primary amides is 1. The van der Waals surface area contributed by atoms with Gasteiger partial charge in [-0.3, -0.25) is 4.90 Å². The Morgan fingerprint density at radius 1 is 0.929 bits per heavy atom. The molecule has 8 nitrogen and oxygen atoms in total. The van der Waals surface area contributed by atoms with Crippen molar-refractivity contribution in [2.45, 2.75) is 32.2 Å². The van der Waals surface area contributed by atoms with Gasteiger partial charge in [-0.25, -0.2) is 4.79 Å². The van der Waals surface area contributed by atoms with Crippen LogP contribution in [0.25, 0.3) is 21.9 Å². The largest absolute Gasteiger partial charge is 0.425 e. The van der Waals surface area contributed by atoms with Crippen LogP contribution in [-0.2, 0) is 19.4 Å². The molecule has 1 saturated heterocycles. The number of furan rings is 1. The number of fused-ring (bicyclic) bond motifs is 2. The third-order valence-corrected chi connectivity index (χ3v) is 8.16. The molecule has 0 radical (unpaired) electrons. The first-order valence-corrected chi connectivity index (χ1v) is 14.6. The van der Waals surface area contributed by atoms with Gasteiger partial charge in [-0.1, -0.05) is 30.3 Å². The number of nitrogens with two attached hydrogens (primary N) is 1. The number of hydrogen-bond donors (Lipinski definition) is 1. The summed E-state index contributed by atoms with van der Waals surface area (Å²) in [7, 11) is 0. The van der Waals surface area contributed by atoms with Crippen molar-refractivity contribution in [3.63, 3.8) is 0 Å². The number of ether oxygens (including phenoxy) is 1. The number of benzene rings is 3. The van der Waals surface area contributed by atoms with Gasteiger partial charge in [-0.15, -0.1) is 0 Å². The SMILES string of the molecule is N#Cc1ccc2c(c1)c(CCCCN1CCN(c3ccc4oc(OC(N)=O)cc4c3)CC1)cn2CCc1ccccc1. The molecule has 8 heteroatoms. The van der Waals surface area contributed by atoms with Crippen molar-refractivity contribution >= 4 is 33.7 Å². The zero-order valence-corrected chi connectivity index (χ0v) is 23.7. The zero-order chi connectivity index (χ0) is 28.9. The summed E-state index contributed by atoms with van der Waals surface area (Å²) in [6.45, 7) is 5.96. The minimum absolute atomic E-state index is 0.113. The highest BCUT2D eigenvalue weighted by atomic mass is 16.6. The second-order valence-corrected chi connectivity index (χ2v) is 10.9. The third kappa shape index (κ3) is 6.27. The number of aromatic nitrogens is 1. The van der Waals surface area contributed by atoms with E-state index in [4.69, 9.17) is 14.9 Å². The average molecular weight is 562 g/mol. The second kappa shape index (κ2) is 12.4. The number of piperazine rings is 1. The maximum Gasteiger partial charge on any atom is 0.412 e. The van der Waals surface area contributed by atoms with E-state index in [1.165, 1.54) is 22.0 Å². The van der Waals surface area contributed by atoms with Crippen LogP contribution >= 0.6 is 0 Å². The molecule has 3 heterocycles. The number of unbranched alkanes of at least 4 members (excludes halogenated alkanes) is 1. The zero-order valence-electron chi connectivity index (χ0n) is 23.7. The molecule has 0 saturated carbocycles. The molecule has 0 atom stereocenters. The molecule has 3 aromatic carbocycles. The predicted molar refractivity (Wildman–Crippen MR) is 165 cm³/mol. The van der Waals surface area contributed by atoms with Crippen molar-refractivity contribution in [2.75, 3.05) is 37.6 Å². The second-order valence-electron chi connectivity index (χ2n) is 10.9. The van der Waals surface area contributed by atoms with Crippen LogP contribution in [0.15, 0.2) is 83.4 Å². The van der Waals surface area contributed by atoms with Crippen LogP contribution < -0.4 is 15.4 Å². The minimum atomic E-state index is -0.885. The Labute approximate surface area is 245 Å². The van der Waals surface area contributed by atoms with Crippen LogP contribution in [0.3, 0.4) is 0 Å². The van der Waals surface area contributed by atoms with Gasteiger partial charge in [0.25, 0.3) is 5.95 Å². The molecule has 1 amide bonds. The van der Waals surface area contributed by atoms with E-state index in [1.807, 2.05) is 18.2 Å². The fourth-order valence-corrected chi connectivity index (χ4v) is 5.95. The number of nitriles is 1. The standard InChI is InChI=1S/C34H35N5O3/c35-23-26-9-11-31-30(20-26)27(24-39(31)15-13-25-6-2-1-3-7-25)8-4-5-14-37-16-18-38(19-17-37)29-10-12-32-28(21-29)22-33(41-32)42-34(36)40/h1-3,6-7,9-12,20-22,24H,4-5,8,13-19H2,(H2,36,40). The van der Waals surface area contributed by atoms with Gasteiger partial charge in [0, 0.05) is 67.0 Å². The molecule has 0 spiro atoms. The topological polar surface area (TPSA) is 101 Å². The highest BCUT2D eigenvalue weighted by Gasteiger charge is 2.18. The first-order valence-electron chi connectivity index (χ1n) is 14.6. The normalized spacial score (nSPS) is 13.9. The lowest BCUT2D eigenvalue weighted by molar-refractivity contribution is 0.199. The number of carbonyl (C=O) groups excluding carboxylic acids is 1. The van der Waals surface area contributed by atoms with Crippen LogP contribution in [0.4, 0.5) is 10.5 Å². The summed E-state index contributed by atoms with van der Waals surface area (Å²) in [5.74, 6) is 0.113. The van der Waals surface area contributed by atoms with Gasteiger partial charge in [0.05, 0.1) is 11.6 Å². The molecular weight excluding hydrogens is 526 g/mol. The predicted octanol–water partition coefficient (Wildman–Crippen LogP) is 6.10. The third-order valence-electron chi connectivity index (χ3n) is 8.16. The summed E-state index contributed by atoms with van der Waals surface area (Å²) in [6.07, 6.45) is 5.66. The summed E-state index contributed by atoms with van der Waals surface area (Å²) >= 11 is 0. The highest BCUT2D eigenvalue weighted by molar-refractivity contribution is 5.85. The molecule has 6 rings (SSSR count). The van der Waals surface area contributed by atoms with Crippen molar-refractivity contribution in [3.05, 3.63) is 95.7 Å². The monoisotopic (exact) mass is 561 g/mol. The number of amides is 1. The Balaban J connectivity index is 1.01. The fraction of sp³-hybridized carbons (Fsp3) is 0.294. The molecule has 0 unspecified atom stereocenters. The van der Waals surface area contributed by atoms with Crippen molar-refractivity contribution < 1.29 is 13.9 Å². The van der Waals surface area contributed by atoms with Crippen LogP contribution in [0.1, 0.15) is 29.5 Å². The Morgan fingerprint density at radius 2 is 1.76 bits per heavy atom. The number of carbonyl (C=O) groups is 1. The van der Waals surface area contributed by atoms with Crippen LogP contribution in [-0.4, -0.2) is 48.3 Å². The van der Waals surface area contributed by atoms with Gasteiger partial charge in [0.15, 0.2) is 0 Å². The lowest BCUT2D eigenvalue weighted by Crippen LogP contribution is -2.46. The van der Waals surface area contributed by atoms with Gasteiger partial charge in [-0.05, 0) is 79.8 Å². The number of hydrogen-bond acceptors (Lipinski definition) is 6. The van der Waals surface area contributed by atoms with Crippen LogP contribution in [0, 0.1) is 11.3 Å². The molecule has 214 valence electrons. The summed E-state index contributed by atoms with van der Waals surface area (Å²) in [6, 6.07) is 26.7. The number of nitrogens with zero attached hydrogens (tertiary/aromatic N) is 4. The molecule has 0 aliphatic carbocycles. The van der Waals surface area contributed by atoms with E-state index in [1.54, 1.807) is 6.07 Å². The van der Waals surface area contributed by atoms with Crippen molar-refractivity contribution in [1.29, 1.82) is 5.26 Å². The van der Waals surface area contributed by atoms with E-state index in [0.29, 0.717) is 11.1 Å². The van der Waals surface area contributed by atoms with E-state index in [-0.39, 0.29) is 5.95 Å². The first-order chi connectivity index (χ1) is 20.6. The summed E-state index contributed by atoms with van der Waals surface area (Å²) in [5.41, 5.74) is 11.5. The van der Waals surface area contributed by atoms with Crippen molar-refractivity contribution in [1.82, 2.24) is 9.47 Å². The maximum atomic E-state index is 11.0. The van der Waals surface area contributed by atoms with Gasteiger partial charge in [0.1, 0.15) is 5.58 Å². The molecule has 1 aliphatic rings. The molecular formula is C34H35N5O3. The van der Waals surface area contributed by atoms with Crippen molar-refractivity contribution in [2.24, 2.45) is 5.73 Å². The number of anilines is 1. The van der Waals surface area contributed by atoms with E-state index in [9.17, 15) is 10.1 Å². The van der Waals surface area contributed by atoms with E-state index >= 15 is 0 Å². The van der Waals surface area contributed by atoms with E-state index < -0.39 is 6.09 Å². The summed E-state index contributed by atoms with van der Waals surface area (Å²) < 4.78 is 12.7. The van der Waals surface area contributed by atoms with Gasteiger partial charge < -0.3 is 24.4 Å². The first kappa shape index (κ1) is 27.4. The minimum Gasteiger partial charge on any atom is -0.425 e. The molecule has 0 bridgehead atoms. The van der Waals surface area contributed by atoms with Crippen LogP contribution in [0.2, 0.25) is 0 Å². The maximum absolute atomic E-state index is 11.0. The molecule has 1 aliphatic heterocycles. The molecule has 42 heavy (non-hydrogen) atoms. The molecule has 2 N–H and O–H groups in total. The van der Waals surface area contributed by atoms with E-state index in [0.717, 1.165) is 76.0 Å². The average Bonchev–Trinajstić information content (AvgIpc) is 3.58. The van der Waals surface area contributed by atoms with E-state index in [2.05, 4.69) is 75.2 Å². The lowest BCUT2D eigenvalue weighted by atomic mass is 10.0. The Morgan fingerprint density at radius 3 is 2.55 bits per heavy atom. The number of aryl methyl sites for hydroxylation is 3. The molecule has 5 aromatic rings. The Hall–Kier alpha value is -4.74. The van der Waals surface area contributed by atoms with Crippen molar-refractivity contribution in [3.8, 4) is 12.0 Å². The summed E-state index contributed by atoms with van der Waals surface area (Å²) in [5, 5.41) is 11.6. The quantitative estimate of drug-likeness (QED) is 0.207. The smallest absolute Gasteiger partial charge is 0.412 e. The number of rotatable bonds is 10. The van der Waals surface area contributed by atoms with Gasteiger partial charge in [-0.2, -0.15) is 5.26 Å². The van der Waals surface area contributed by atoms with Gasteiger partial charge >= 0.3 is 6.09 Å². The van der Waals surface area contributed by atoms with Gasteiger partial charge in [0.2, 0.25) is 0 Å².